The summed E-state index contributed by atoms with van der Waals surface area (Å²) in [5.41, 5.74) is 8.68. The average Bonchev–Trinajstić information content (AvgIpc) is 2.40. The summed E-state index contributed by atoms with van der Waals surface area (Å²) in [6, 6.07) is 15.1. The van der Waals surface area contributed by atoms with E-state index in [1.165, 1.54) is 0 Å². The van der Waals surface area contributed by atoms with Crippen molar-refractivity contribution < 1.29 is 4.79 Å². The van der Waals surface area contributed by atoms with Crippen molar-refractivity contribution in [2.24, 2.45) is 0 Å². The van der Waals surface area contributed by atoms with Crippen molar-refractivity contribution in [2.75, 3.05) is 11.1 Å². The van der Waals surface area contributed by atoms with Crippen molar-refractivity contribution in [1.82, 2.24) is 5.32 Å². The molecule has 0 saturated heterocycles. The van der Waals surface area contributed by atoms with Gasteiger partial charge >= 0.3 is 0 Å². The highest BCUT2D eigenvalue weighted by Gasteiger charge is 2.24. The standard InChI is InChI=1S/C14H13N3O/c15-10-6-7-12-11(8-10)14(18)17-13(16-12)9-4-2-1-3-5-9/h1-8,13,16H,15H2,(H,17,18)/t13-/m0/s1. The van der Waals surface area contributed by atoms with E-state index in [2.05, 4.69) is 10.6 Å². The van der Waals surface area contributed by atoms with Gasteiger partial charge in [0.05, 0.1) is 5.56 Å². The molecule has 4 nitrogen and oxygen atoms in total. The highest BCUT2D eigenvalue weighted by atomic mass is 16.2. The summed E-state index contributed by atoms with van der Waals surface area (Å²) in [6.07, 6.45) is -0.199. The summed E-state index contributed by atoms with van der Waals surface area (Å²) in [5.74, 6) is -0.107. The maximum atomic E-state index is 12.0. The number of hydrogen-bond acceptors (Lipinski definition) is 3. The number of benzene rings is 2. The minimum absolute atomic E-state index is 0.107. The Morgan fingerprint density at radius 3 is 2.56 bits per heavy atom. The molecule has 0 aliphatic carbocycles. The van der Waals surface area contributed by atoms with Crippen LogP contribution in [-0.2, 0) is 0 Å². The average molecular weight is 239 g/mol. The maximum Gasteiger partial charge on any atom is 0.255 e. The van der Waals surface area contributed by atoms with Gasteiger partial charge in [-0.05, 0) is 23.8 Å². The quantitative estimate of drug-likeness (QED) is 0.668. The molecule has 0 spiro atoms. The third-order valence-corrected chi connectivity index (χ3v) is 3.00. The number of amides is 1. The molecule has 0 fully saturated rings. The summed E-state index contributed by atoms with van der Waals surface area (Å²) in [5, 5.41) is 6.19. The summed E-state index contributed by atoms with van der Waals surface area (Å²) < 4.78 is 0. The van der Waals surface area contributed by atoms with Gasteiger partial charge in [0.25, 0.3) is 5.91 Å². The molecule has 1 amide bonds. The Bertz CT molecular complexity index is 595. The fourth-order valence-electron chi connectivity index (χ4n) is 2.09. The zero-order valence-electron chi connectivity index (χ0n) is 9.68. The molecule has 1 heterocycles. The molecule has 0 unspecified atom stereocenters. The molecule has 18 heavy (non-hydrogen) atoms. The Balaban J connectivity index is 1.97. The van der Waals surface area contributed by atoms with Crippen LogP contribution in [0.15, 0.2) is 48.5 Å². The number of rotatable bonds is 1. The first kappa shape index (κ1) is 10.7. The van der Waals surface area contributed by atoms with E-state index in [1.54, 1.807) is 12.1 Å². The van der Waals surface area contributed by atoms with Gasteiger partial charge in [-0.3, -0.25) is 4.79 Å². The first-order valence-corrected chi connectivity index (χ1v) is 5.76. The van der Waals surface area contributed by atoms with Crippen LogP contribution in [0.4, 0.5) is 11.4 Å². The molecule has 2 aromatic carbocycles. The highest BCUT2D eigenvalue weighted by Crippen LogP contribution is 2.27. The van der Waals surface area contributed by atoms with E-state index in [9.17, 15) is 4.79 Å². The van der Waals surface area contributed by atoms with Crippen molar-refractivity contribution >= 4 is 17.3 Å². The minimum Gasteiger partial charge on any atom is -0.399 e. The number of hydrogen-bond donors (Lipinski definition) is 3. The number of nitrogens with one attached hydrogen (secondary N) is 2. The van der Waals surface area contributed by atoms with Crippen molar-refractivity contribution in [3.8, 4) is 0 Å². The number of anilines is 2. The molecular weight excluding hydrogens is 226 g/mol. The normalized spacial score (nSPS) is 17.6. The van der Waals surface area contributed by atoms with E-state index in [0.717, 1.165) is 11.3 Å². The zero-order chi connectivity index (χ0) is 12.5. The fraction of sp³-hybridized carbons (Fsp3) is 0.0714. The maximum absolute atomic E-state index is 12.0. The van der Waals surface area contributed by atoms with Crippen LogP contribution >= 0.6 is 0 Å². The van der Waals surface area contributed by atoms with Gasteiger partial charge in [-0.2, -0.15) is 0 Å². The number of fused-ring (bicyclic) bond motifs is 1. The summed E-state index contributed by atoms with van der Waals surface area (Å²) in [6.45, 7) is 0. The van der Waals surface area contributed by atoms with E-state index >= 15 is 0 Å². The largest absolute Gasteiger partial charge is 0.399 e. The van der Waals surface area contributed by atoms with Crippen LogP contribution in [0.2, 0.25) is 0 Å². The van der Waals surface area contributed by atoms with Crippen LogP contribution in [-0.4, -0.2) is 5.91 Å². The van der Waals surface area contributed by atoms with Gasteiger partial charge in [-0.25, -0.2) is 0 Å². The van der Waals surface area contributed by atoms with Gasteiger partial charge in [-0.1, -0.05) is 30.3 Å². The van der Waals surface area contributed by atoms with Crippen molar-refractivity contribution in [3.63, 3.8) is 0 Å². The van der Waals surface area contributed by atoms with Crippen molar-refractivity contribution in [1.29, 1.82) is 0 Å². The molecule has 1 aliphatic heterocycles. The van der Waals surface area contributed by atoms with E-state index in [4.69, 9.17) is 5.73 Å². The molecule has 2 aromatic rings. The second kappa shape index (κ2) is 4.07. The van der Waals surface area contributed by atoms with E-state index < -0.39 is 0 Å². The highest BCUT2D eigenvalue weighted by molar-refractivity contribution is 6.02. The third-order valence-electron chi connectivity index (χ3n) is 3.00. The lowest BCUT2D eigenvalue weighted by Crippen LogP contribution is -2.38. The SMILES string of the molecule is Nc1ccc2c(c1)C(=O)N[C@@H](c1ccccc1)N2. The minimum atomic E-state index is -0.199. The lowest BCUT2D eigenvalue weighted by molar-refractivity contribution is 0.0936. The molecule has 4 N–H and O–H groups in total. The fourth-order valence-corrected chi connectivity index (χ4v) is 2.09. The van der Waals surface area contributed by atoms with Crippen LogP contribution < -0.4 is 16.4 Å². The van der Waals surface area contributed by atoms with E-state index in [0.29, 0.717) is 11.3 Å². The van der Waals surface area contributed by atoms with E-state index in [-0.39, 0.29) is 12.1 Å². The Labute approximate surface area is 105 Å². The molecule has 4 heteroatoms. The zero-order valence-corrected chi connectivity index (χ0v) is 9.68. The predicted molar refractivity (Wildman–Crippen MR) is 71.1 cm³/mol. The van der Waals surface area contributed by atoms with Crippen LogP contribution in [0.1, 0.15) is 22.1 Å². The van der Waals surface area contributed by atoms with Gasteiger partial charge in [0.2, 0.25) is 0 Å². The Morgan fingerprint density at radius 2 is 1.78 bits per heavy atom. The summed E-state index contributed by atoms with van der Waals surface area (Å²) in [4.78, 5) is 12.0. The molecule has 90 valence electrons. The van der Waals surface area contributed by atoms with Gasteiger partial charge < -0.3 is 16.4 Å². The van der Waals surface area contributed by atoms with Gasteiger partial charge in [0.15, 0.2) is 0 Å². The smallest absolute Gasteiger partial charge is 0.255 e. The molecular formula is C14H13N3O. The molecule has 0 aromatic heterocycles. The number of carbonyl (C=O) groups excluding carboxylic acids is 1. The topological polar surface area (TPSA) is 67.2 Å². The van der Waals surface area contributed by atoms with E-state index in [1.807, 2.05) is 36.4 Å². The number of nitrogen functional groups attached to an aromatic ring is 1. The molecule has 0 saturated carbocycles. The monoisotopic (exact) mass is 239 g/mol. The second-order valence-electron chi connectivity index (χ2n) is 4.27. The van der Waals surface area contributed by atoms with Crippen molar-refractivity contribution in [3.05, 3.63) is 59.7 Å². The summed E-state index contributed by atoms with van der Waals surface area (Å²) in [7, 11) is 0. The summed E-state index contributed by atoms with van der Waals surface area (Å²) >= 11 is 0. The first-order chi connectivity index (χ1) is 8.74. The molecule has 0 bridgehead atoms. The van der Waals surface area contributed by atoms with Crippen LogP contribution in [0.5, 0.6) is 0 Å². The van der Waals surface area contributed by atoms with Crippen molar-refractivity contribution in [2.45, 2.75) is 6.17 Å². The number of nitrogens with two attached hydrogens (primary N) is 1. The second-order valence-corrected chi connectivity index (χ2v) is 4.27. The Hall–Kier alpha value is -2.49. The van der Waals surface area contributed by atoms with Gasteiger partial charge in [0, 0.05) is 11.4 Å². The lowest BCUT2D eigenvalue weighted by Gasteiger charge is -2.28. The number of carbonyl (C=O) groups is 1. The van der Waals surface area contributed by atoms with Crippen LogP contribution in [0.3, 0.4) is 0 Å². The lowest BCUT2D eigenvalue weighted by atomic mass is 10.1. The predicted octanol–water partition coefficient (Wildman–Crippen LogP) is 2.12. The van der Waals surface area contributed by atoms with Gasteiger partial charge in [0.1, 0.15) is 6.17 Å². The molecule has 0 radical (unpaired) electrons. The molecule has 3 rings (SSSR count). The first-order valence-electron chi connectivity index (χ1n) is 5.76. The van der Waals surface area contributed by atoms with Gasteiger partial charge in [-0.15, -0.1) is 0 Å². The molecule has 1 aliphatic rings. The Kier molecular flexibility index (Phi) is 2.41. The van der Waals surface area contributed by atoms with Crippen LogP contribution in [0, 0.1) is 0 Å². The third kappa shape index (κ3) is 1.78. The Morgan fingerprint density at radius 1 is 1.00 bits per heavy atom. The molecule has 1 atom stereocenters. The van der Waals surface area contributed by atoms with Crippen LogP contribution in [0.25, 0.3) is 0 Å².